The minimum atomic E-state index is -0.234. The summed E-state index contributed by atoms with van der Waals surface area (Å²) >= 11 is 0. The first-order valence-electron chi connectivity index (χ1n) is 18.7. The van der Waals surface area contributed by atoms with Gasteiger partial charge in [-0.2, -0.15) is 0 Å². The summed E-state index contributed by atoms with van der Waals surface area (Å²) in [5.41, 5.74) is 16.0. The molecular weight excluding hydrogens is 657 g/mol. The van der Waals surface area contributed by atoms with Crippen molar-refractivity contribution in [2.24, 2.45) is 0 Å². The highest BCUT2D eigenvalue weighted by atomic mass is 16.3. The number of benzene rings is 8. The largest absolute Gasteiger partial charge is 0.456 e. The van der Waals surface area contributed by atoms with Gasteiger partial charge in [0.1, 0.15) is 11.2 Å². The normalized spacial score (nSPS) is 13.1. The van der Waals surface area contributed by atoms with E-state index in [-0.39, 0.29) is 5.41 Å². The molecular formula is C51H36N2O. The van der Waals surface area contributed by atoms with Crippen molar-refractivity contribution < 1.29 is 4.42 Å². The summed E-state index contributed by atoms with van der Waals surface area (Å²) in [5.74, 6) is 0. The van der Waals surface area contributed by atoms with Crippen LogP contribution in [0.1, 0.15) is 25.0 Å². The molecule has 0 atom stereocenters. The van der Waals surface area contributed by atoms with Gasteiger partial charge in [0.15, 0.2) is 0 Å². The van der Waals surface area contributed by atoms with Gasteiger partial charge in [-0.3, -0.25) is 0 Å². The Morgan fingerprint density at radius 3 is 1.91 bits per heavy atom. The van der Waals surface area contributed by atoms with Crippen LogP contribution in [-0.4, -0.2) is 4.57 Å². The number of rotatable bonds is 5. The molecule has 8 aromatic carbocycles. The smallest absolute Gasteiger partial charge is 0.136 e. The van der Waals surface area contributed by atoms with Crippen molar-refractivity contribution in [3.8, 4) is 27.9 Å². The molecule has 1 aliphatic carbocycles. The van der Waals surface area contributed by atoms with E-state index in [1.807, 2.05) is 6.07 Å². The van der Waals surface area contributed by atoms with Crippen molar-refractivity contribution in [2.45, 2.75) is 19.3 Å². The molecule has 10 aromatic rings. The van der Waals surface area contributed by atoms with Gasteiger partial charge in [0, 0.05) is 38.2 Å². The van der Waals surface area contributed by atoms with Crippen LogP contribution < -0.4 is 4.90 Å². The highest BCUT2D eigenvalue weighted by Crippen LogP contribution is 2.56. The number of fused-ring (bicyclic) bond motifs is 9. The molecule has 0 amide bonds. The number of para-hydroxylation sites is 4. The Labute approximate surface area is 314 Å². The Kier molecular flexibility index (Phi) is 6.60. The van der Waals surface area contributed by atoms with Gasteiger partial charge in [0.2, 0.25) is 0 Å². The summed E-state index contributed by atoms with van der Waals surface area (Å²) < 4.78 is 8.85. The lowest BCUT2D eigenvalue weighted by atomic mass is 9.81. The molecule has 0 spiro atoms. The fraction of sp³-hybridized carbons (Fsp3) is 0.0588. The topological polar surface area (TPSA) is 21.3 Å². The van der Waals surface area contributed by atoms with Crippen molar-refractivity contribution in [3.63, 3.8) is 0 Å². The molecule has 1 aliphatic rings. The summed E-state index contributed by atoms with van der Waals surface area (Å²) in [6.07, 6.45) is 0. The quantitative estimate of drug-likeness (QED) is 0.179. The van der Waals surface area contributed by atoms with E-state index >= 15 is 0 Å². The van der Waals surface area contributed by atoms with E-state index in [2.05, 4.69) is 199 Å². The second-order valence-electron chi connectivity index (χ2n) is 14.9. The second-order valence-corrected chi connectivity index (χ2v) is 14.9. The number of hydrogen-bond acceptors (Lipinski definition) is 2. The summed E-state index contributed by atoms with van der Waals surface area (Å²) in [4.78, 5) is 2.55. The lowest BCUT2D eigenvalue weighted by molar-refractivity contribution is 0.661. The maximum atomic E-state index is 6.44. The highest BCUT2D eigenvalue weighted by Gasteiger charge is 2.39. The Morgan fingerprint density at radius 2 is 1.02 bits per heavy atom. The first-order chi connectivity index (χ1) is 26.6. The zero-order chi connectivity index (χ0) is 36.0. The molecule has 3 heteroatoms. The van der Waals surface area contributed by atoms with Gasteiger partial charge in [0.25, 0.3) is 0 Å². The zero-order valence-corrected chi connectivity index (χ0v) is 30.1. The lowest BCUT2D eigenvalue weighted by Gasteiger charge is -2.34. The third-order valence-electron chi connectivity index (χ3n) is 11.6. The van der Waals surface area contributed by atoms with Crippen LogP contribution in [0.3, 0.4) is 0 Å². The third kappa shape index (κ3) is 4.30. The predicted molar refractivity (Wildman–Crippen MR) is 226 cm³/mol. The monoisotopic (exact) mass is 692 g/mol. The fourth-order valence-electron chi connectivity index (χ4n) is 9.33. The summed E-state index contributed by atoms with van der Waals surface area (Å²) in [5, 5.41) is 4.68. The van der Waals surface area contributed by atoms with Crippen molar-refractivity contribution >= 4 is 60.8 Å². The van der Waals surface area contributed by atoms with Crippen LogP contribution in [0.15, 0.2) is 186 Å². The van der Waals surface area contributed by atoms with Crippen LogP contribution in [0.5, 0.6) is 0 Å². The van der Waals surface area contributed by atoms with Crippen LogP contribution in [0.25, 0.3) is 71.7 Å². The maximum absolute atomic E-state index is 6.44. The molecule has 0 fully saturated rings. The summed E-state index contributed by atoms with van der Waals surface area (Å²) in [6.45, 7) is 4.76. The van der Waals surface area contributed by atoms with Gasteiger partial charge in [-0.1, -0.05) is 141 Å². The first kappa shape index (κ1) is 30.8. The standard InChI is InChI=1S/C51H36N2O/c1-51(2)40-25-10-6-19-34(40)37-24-14-30-45(50(37)51)53(41-26-11-7-20-35(41)36-23-15-32-47-48(36)39-22-9-13-31-46(39)54-47)44-29-16-28-43-49(44)38-21-8-12-27-42(38)52(43)33-17-4-3-5-18-33/h3-32H,1-2H3. The minimum Gasteiger partial charge on any atom is -0.456 e. The highest BCUT2D eigenvalue weighted by molar-refractivity contribution is 6.18. The Morgan fingerprint density at radius 1 is 0.426 bits per heavy atom. The molecule has 3 nitrogen and oxygen atoms in total. The molecule has 256 valence electrons. The van der Waals surface area contributed by atoms with Gasteiger partial charge < -0.3 is 13.9 Å². The number of nitrogens with zero attached hydrogens (tertiary/aromatic N) is 2. The van der Waals surface area contributed by atoms with E-state index in [1.54, 1.807) is 0 Å². The molecule has 2 aromatic heterocycles. The molecule has 2 heterocycles. The van der Waals surface area contributed by atoms with Crippen molar-refractivity contribution in [2.75, 3.05) is 4.90 Å². The molecule has 54 heavy (non-hydrogen) atoms. The van der Waals surface area contributed by atoms with E-state index in [9.17, 15) is 0 Å². The van der Waals surface area contributed by atoms with Crippen LogP contribution in [0.2, 0.25) is 0 Å². The van der Waals surface area contributed by atoms with E-state index in [4.69, 9.17) is 4.42 Å². The van der Waals surface area contributed by atoms with E-state index in [1.165, 1.54) is 49.7 Å². The van der Waals surface area contributed by atoms with Gasteiger partial charge in [-0.15, -0.1) is 0 Å². The number of furan rings is 1. The first-order valence-corrected chi connectivity index (χ1v) is 18.7. The van der Waals surface area contributed by atoms with E-state index in [0.29, 0.717) is 0 Å². The Balaban J connectivity index is 1.28. The average Bonchev–Trinajstić information content (AvgIpc) is 3.85. The molecule has 0 saturated carbocycles. The van der Waals surface area contributed by atoms with Crippen LogP contribution in [0, 0.1) is 0 Å². The van der Waals surface area contributed by atoms with Gasteiger partial charge in [-0.05, 0) is 82.4 Å². The van der Waals surface area contributed by atoms with Gasteiger partial charge in [-0.25, -0.2) is 0 Å². The minimum absolute atomic E-state index is 0.234. The molecule has 0 saturated heterocycles. The predicted octanol–water partition coefficient (Wildman–Crippen LogP) is 14.1. The Bertz CT molecular complexity index is 3090. The van der Waals surface area contributed by atoms with Crippen LogP contribution in [-0.2, 0) is 5.41 Å². The van der Waals surface area contributed by atoms with Crippen molar-refractivity contribution in [3.05, 3.63) is 193 Å². The summed E-state index contributed by atoms with van der Waals surface area (Å²) in [6, 6.07) is 65.9. The molecule has 0 unspecified atom stereocenters. The molecule has 0 radical (unpaired) electrons. The molecule has 11 rings (SSSR count). The average molecular weight is 693 g/mol. The fourth-order valence-corrected chi connectivity index (χ4v) is 9.33. The zero-order valence-electron chi connectivity index (χ0n) is 30.1. The Hall–Kier alpha value is -6.84. The third-order valence-corrected chi connectivity index (χ3v) is 11.6. The van der Waals surface area contributed by atoms with Crippen LogP contribution in [0.4, 0.5) is 17.1 Å². The van der Waals surface area contributed by atoms with Gasteiger partial charge >= 0.3 is 0 Å². The molecule has 0 bridgehead atoms. The lowest BCUT2D eigenvalue weighted by Crippen LogP contribution is -2.21. The number of hydrogen-bond donors (Lipinski definition) is 0. The molecule has 0 aliphatic heterocycles. The SMILES string of the molecule is CC1(C)c2ccccc2-c2cccc(N(c3ccccc3-c3cccc4oc5ccccc5c34)c3cccc4c3c3ccccc3n4-c3ccccc3)c21. The maximum Gasteiger partial charge on any atom is 0.136 e. The molecule has 0 N–H and O–H groups in total. The van der Waals surface area contributed by atoms with Crippen molar-refractivity contribution in [1.29, 1.82) is 0 Å². The van der Waals surface area contributed by atoms with Gasteiger partial charge in [0.05, 0.1) is 28.1 Å². The van der Waals surface area contributed by atoms with Crippen molar-refractivity contribution in [1.82, 2.24) is 4.57 Å². The van der Waals surface area contributed by atoms with E-state index < -0.39 is 0 Å². The van der Waals surface area contributed by atoms with Crippen LogP contribution >= 0.6 is 0 Å². The number of anilines is 3. The number of aromatic nitrogens is 1. The summed E-state index contributed by atoms with van der Waals surface area (Å²) in [7, 11) is 0. The second kappa shape index (κ2) is 11.6. The van der Waals surface area contributed by atoms with E-state index in [0.717, 1.165) is 50.1 Å².